The van der Waals surface area contributed by atoms with E-state index < -0.39 is 0 Å². The van der Waals surface area contributed by atoms with E-state index in [0.717, 1.165) is 11.1 Å². The summed E-state index contributed by atoms with van der Waals surface area (Å²) in [6.07, 6.45) is 1.86. The number of aromatic nitrogens is 1. The zero-order chi connectivity index (χ0) is 13.1. The van der Waals surface area contributed by atoms with Gasteiger partial charge >= 0.3 is 0 Å². The molecule has 0 aliphatic rings. The minimum absolute atomic E-state index is 0.0528. The predicted octanol–water partition coefficient (Wildman–Crippen LogP) is 4.12. The molecule has 0 unspecified atom stereocenters. The van der Waals surface area contributed by atoms with Gasteiger partial charge in [0.05, 0.1) is 0 Å². The van der Waals surface area contributed by atoms with Crippen molar-refractivity contribution in [2.24, 2.45) is 0 Å². The van der Waals surface area contributed by atoms with Crippen molar-refractivity contribution in [3.8, 4) is 0 Å². The molecule has 0 bridgehead atoms. The molecule has 0 saturated carbocycles. The molecular formula is C14H11Cl2NO. The number of Topliss-reactive ketones (excluding diaryl/α,β-unsaturated/α-hetero) is 1. The van der Waals surface area contributed by atoms with Crippen LogP contribution in [-0.4, -0.2) is 10.8 Å². The number of rotatable bonds is 3. The molecule has 1 aromatic heterocycles. The number of aryl methyl sites for hydroxylation is 1. The summed E-state index contributed by atoms with van der Waals surface area (Å²) in [4.78, 5) is 16.1. The molecule has 0 radical (unpaired) electrons. The molecule has 1 heterocycles. The van der Waals surface area contributed by atoms with Crippen LogP contribution in [0.4, 0.5) is 0 Å². The van der Waals surface area contributed by atoms with Gasteiger partial charge in [0.1, 0.15) is 5.69 Å². The summed E-state index contributed by atoms with van der Waals surface area (Å²) in [7, 11) is 0. The van der Waals surface area contributed by atoms with Crippen molar-refractivity contribution in [2.45, 2.75) is 13.3 Å². The fourth-order valence-corrected chi connectivity index (χ4v) is 2.09. The van der Waals surface area contributed by atoms with Gasteiger partial charge in [0.25, 0.3) is 0 Å². The van der Waals surface area contributed by atoms with Crippen LogP contribution in [0.15, 0.2) is 36.5 Å². The lowest BCUT2D eigenvalue weighted by atomic mass is 10.1. The van der Waals surface area contributed by atoms with Crippen LogP contribution in [0.3, 0.4) is 0 Å². The second-order valence-electron chi connectivity index (χ2n) is 4.05. The number of ketones is 1. The van der Waals surface area contributed by atoms with Gasteiger partial charge in [-0.2, -0.15) is 0 Å². The molecule has 2 nitrogen and oxygen atoms in total. The van der Waals surface area contributed by atoms with E-state index in [-0.39, 0.29) is 12.2 Å². The highest BCUT2D eigenvalue weighted by atomic mass is 35.5. The Labute approximate surface area is 116 Å². The minimum atomic E-state index is -0.0528. The zero-order valence-electron chi connectivity index (χ0n) is 9.78. The summed E-state index contributed by atoms with van der Waals surface area (Å²) in [6, 6.07) is 8.74. The normalized spacial score (nSPS) is 10.4. The maximum absolute atomic E-state index is 12.0. The third-order valence-corrected chi connectivity index (χ3v) is 3.15. The summed E-state index contributed by atoms with van der Waals surface area (Å²) < 4.78 is 0. The van der Waals surface area contributed by atoms with Gasteiger partial charge in [0.15, 0.2) is 5.78 Å². The Balaban J connectivity index is 2.21. The van der Waals surface area contributed by atoms with E-state index in [2.05, 4.69) is 4.98 Å². The smallest absolute Gasteiger partial charge is 0.185 e. The third kappa shape index (κ3) is 3.09. The Hall–Kier alpha value is -1.38. The van der Waals surface area contributed by atoms with Crippen molar-refractivity contribution < 1.29 is 4.79 Å². The van der Waals surface area contributed by atoms with E-state index in [0.29, 0.717) is 15.7 Å². The number of pyridine rings is 1. The maximum atomic E-state index is 12.0. The molecule has 0 spiro atoms. The quantitative estimate of drug-likeness (QED) is 0.791. The Morgan fingerprint density at radius 2 is 2.00 bits per heavy atom. The lowest BCUT2D eigenvalue weighted by Crippen LogP contribution is -2.06. The maximum Gasteiger partial charge on any atom is 0.185 e. The Kier molecular flexibility index (Phi) is 4.00. The summed E-state index contributed by atoms with van der Waals surface area (Å²) in [5.41, 5.74) is 2.23. The molecule has 0 atom stereocenters. The van der Waals surface area contributed by atoms with E-state index in [1.807, 2.05) is 13.0 Å². The van der Waals surface area contributed by atoms with Gasteiger partial charge in [-0.3, -0.25) is 9.78 Å². The van der Waals surface area contributed by atoms with E-state index in [9.17, 15) is 4.79 Å². The molecule has 0 aliphatic carbocycles. The summed E-state index contributed by atoms with van der Waals surface area (Å²) in [5, 5.41) is 1.06. The lowest BCUT2D eigenvalue weighted by Gasteiger charge is -2.04. The van der Waals surface area contributed by atoms with Gasteiger partial charge < -0.3 is 0 Å². The molecule has 0 aliphatic heterocycles. The van der Waals surface area contributed by atoms with Gasteiger partial charge in [-0.1, -0.05) is 29.3 Å². The van der Waals surface area contributed by atoms with Gasteiger partial charge in [0.2, 0.25) is 0 Å². The SMILES string of the molecule is Cc1ccnc(C(=O)Cc2ccc(Cl)cc2Cl)c1. The van der Waals surface area contributed by atoms with E-state index in [1.165, 1.54) is 0 Å². The molecule has 92 valence electrons. The third-order valence-electron chi connectivity index (χ3n) is 2.57. The van der Waals surface area contributed by atoms with Crippen molar-refractivity contribution in [3.63, 3.8) is 0 Å². The number of hydrogen-bond donors (Lipinski definition) is 0. The first-order valence-corrected chi connectivity index (χ1v) is 6.21. The van der Waals surface area contributed by atoms with Crippen LogP contribution in [0, 0.1) is 6.92 Å². The van der Waals surface area contributed by atoms with Crippen LogP contribution < -0.4 is 0 Å². The monoisotopic (exact) mass is 279 g/mol. The first-order chi connectivity index (χ1) is 8.56. The number of carbonyl (C=O) groups excluding carboxylic acids is 1. The highest BCUT2D eigenvalue weighted by molar-refractivity contribution is 6.35. The summed E-state index contributed by atoms with van der Waals surface area (Å²) in [5.74, 6) is -0.0528. The molecule has 1 aromatic carbocycles. The van der Waals surface area contributed by atoms with Crippen LogP contribution in [0.5, 0.6) is 0 Å². The highest BCUT2D eigenvalue weighted by Crippen LogP contribution is 2.22. The molecule has 2 aromatic rings. The van der Waals surface area contributed by atoms with Crippen LogP contribution in [0.1, 0.15) is 21.6 Å². The van der Waals surface area contributed by atoms with Gasteiger partial charge in [-0.05, 0) is 42.3 Å². The van der Waals surface area contributed by atoms with Gasteiger partial charge in [0, 0.05) is 22.7 Å². The molecular weight excluding hydrogens is 269 g/mol. The Morgan fingerprint density at radius 3 is 2.67 bits per heavy atom. The standard InChI is InChI=1S/C14H11Cl2NO/c1-9-4-5-17-13(6-9)14(18)7-10-2-3-11(15)8-12(10)16/h2-6,8H,7H2,1H3. The first kappa shape index (κ1) is 13.1. The van der Waals surface area contributed by atoms with Crippen LogP contribution in [-0.2, 0) is 6.42 Å². The topological polar surface area (TPSA) is 30.0 Å². The Bertz CT molecular complexity index is 596. The predicted molar refractivity (Wildman–Crippen MR) is 73.5 cm³/mol. The number of carbonyl (C=O) groups is 1. The average molecular weight is 280 g/mol. The molecule has 0 amide bonds. The Morgan fingerprint density at radius 1 is 1.22 bits per heavy atom. The highest BCUT2D eigenvalue weighted by Gasteiger charge is 2.11. The molecule has 4 heteroatoms. The van der Waals surface area contributed by atoms with Crippen LogP contribution in [0.25, 0.3) is 0 Å². The number of halogens is 2. The second kappa shape index (κ2) is 5.51. The number of benzene rings is 1. The van der Waals surface area contributed by atoms with E-state index >= 15 is 0 Å². The van der Waals surface area contributed by atoms with Gasteiger partial charge in [-0.15, -0.1) is 0 Å². The number of nitrogens with zero attached hydrogens (tertiary/aromatic N) is 1. The molecule has 0 N–H and O–H groups in total. The van der Waals surface area contributed by atoms with Crippen molar-refractivity contribution in [2.75, 3.05) is 0 Å². The second-order valence-corrected chi connectivity index (χ2v) is 4.90. The fraction of sp³-hybridized carbons (Fsp3) is 0.143. The minimum Gasteiger partial charge on any atom is -0.292 e. The van der Waals surface area contributed by atoms with Gasteiger partial charge in [-0.25, -0.2) is 0 Å². The summed E-state index contributed by atoms with van der Waals surface area (Å²) >= 11 is 11.8. The van der Waals surface area contributed by atoms with Crippen molar-refractivity contribution in [3.05, 3.63) is 63.4 Å². The van der Waals surface area contributed by atoms with Crippen LogP contribution >= 0.6 is 23.2 Å². The lowest BCUT2D eigenvalue weighted by molar-refractivity contribution is 0.0988. The van der Waals surface area contributed by atoms with E-state index in [4.69, 9.17) is 23.2 Å². The van der Waals surface area contributed by atoms with E-state index in [1.54, 1.807) is 30.5 Å². The summed E-state index contributed by atoms with van der Waals surface area (Å²) in [6.45, 7) is 1.92. The molecule has 2 rings (SSSR count). The number of hydrogen-bond acceptors (Lipinski definition) is 2. The fourth-order valence-electron chi connectivity index (χ4n) is 1.62. The van der Waals surface area contributed by atoms with Crippen molar-refractivity contribution >= 4 is 29.0 Å². The zero-order valence-corrected chi connectivity index (χ0v) is 11.3. The van der Waals surface area contributed by atoms with Crippen LogP contribution in [0.2, 0.25) is 10.0 Å². The first-order valence-electron chi connectivity index (χ1n) is 5.46. The van der Waals surface area contributed by atoms with Crippen molar-refractivity contribution in [1.29, 1.82) is 0 Å². The average Bonchev–Trinajstić information content (AvgIpc) is 2.32. The molecule has 0 fully saturated rings. The molecule has 18 heavy (non-hydrogen) atoms. The van der Waals surface area contributed by atoms with Crippen molar-refractivity contribution in [1.82, 2.24) is 4.98 Å². The molecule has 0 saturated heterocycles. The largest absolute Gasteiger partial charge is 0.292 e.